The van der Waals surface area contributed by atoms with Gasteiger partial charge in [-0.05, 0) is 12.8 Å². The number of aromatic nitrogens is 2. The third-order valence-corrected chi connectivity index (χ3v) is 6.77. The molecule has 1 aliphatic heterocycles. The molecular formula is C27H46N2O8. The number of aliphatic hydroxyl groups excluding tert-OH is 2. The minimum absolute atomic E-state index is 0.194. The molecule has 0 radical (unpaired) electrons. The van der Waals surface area contributed by atoms with E-state index < -0.39 is 42.4 Å². The number of nitrogens with one attached hydrogen (secondary N) is 1. The van der Waals surface area contributed by atoms with Crippen LogP contribution >= 0.6 is 0 Å². The van der Waals surface area contributed by atoms with Gasteiger partial charge < -0.3 is 24.4 Å². The second-order valence-electron chi connectivity index (χ2n) is 9.88. The van der Waals surface area contributed by atoms with Crippen molar-refractivity contribution in [2.75, 3.05) is 19.8 Å². The fraction of sp³-hybridized carbons (Fsp3) is 0.815. The molecule has 4 atom stereocenters. The molecule has 37 heavy (non-hydrogen) atoms. The Morgan fingerprint density at radius 1 is 0.919 bits per heavy atom. The largest absolute Gasteiger partial charge is 0.466 e. The number of carbonyl (C=O) groups is 1. The SMILES string of the molecule is CC(=O)OCCCCCCCCCCCCCCCCO[C@@H]1[C@H](O)[C@@H](CO)O[C@H]1n1ccc(=O)[nH]c1=O. The Morgan fingerprint density at radius 2 is 1.43 bits per heavy atom. The van der Waals surface area contributed by atoms with Crippen molar-refractivity contribution in [3.63, 3.8) is 0 Å². The van der Waals surface area contributed by atoms with Gasteiger partial charge in [0.2, 0.25) is 0 Å². The molecule has 1 aliphatic rings. The van der Waals surface area contributed by atoms with E-state index in [2.05, 4.69) is 4.98 Å². The summed E-state index contributed by atoms with van der Waals surface area (Å²) in [5.41, 5.74) is -1.16. The zero-order valence-electron chi connectivity index (χ0n) is 22.3. The fourth-order valence-electron chi connectivity index (χ4n) is 4.66. The predicted molar refractivity (Wildman–Crippen MR) is 139 cm³/mol. The van der Waals surface area contributed by atoms with Gasteiger partial charge in [-0.3, -0.25) is 19.1 Å². The van der Waals surface area contributed by atoms with E-state index in [1.165, 1.54) is 81.5 Å². The van der Waals surface area contributed by atoms with E-state index in [9.17, 15) is 24.6 Å². The zero-order valence-corrected chi connectivity index (χ0v) is 22.3. The van der Waals surface area contributed by atoms with Gasteiger partial charge in [0.15, 0.2) is 6.23 Å². The molecule has 0 bridgehead atoms. The molecular weight excluding hydrogens is 480 g/mol. The highest BCUT2D eigenvalue weighted by molar-refractivity contribution is 5.65. The number of aromatic amines is 1. The van der Waals surface area contributed by atoms with E-state index in [4.69, 9.17) is 14.2 Å². The van der Waals surface area contributed by atoms with Crippen molar-refractivity contribution < 1.29 is 29.2 Å². The number of ether oxygens (including phenoxy) is 3. The van der Waals surface area contributed by atoms with Gasteiger partial charge in [0.25, 0.3) is 5.56 Å². The summed E-state index contributed by atoms with van der Waals surface area (Å²) in [5.74, 6) is -0.194. The normalized spacial score (nSPS) is 21.4. The summed E-state index contributed by atoms with van der Waals surface area (Å²) in [6.45, 7) is 2.02. The van der Waals surface area contributed by atoms with Crippen molar-refractivity contribution in [3.05, 3.63) is 33.1 Å². The number of rotatable bonds is 20. The van der Waals surface area contributed by atoms with Crippen molar-refractivity contribution in [1.29, 1.82) is 0 Å². The van der Waals surface area contributed by atoms with E-state index in [1.807, 2.05) is 0 Å². The molecule has 0 aromatic carbocycles. The number of hydrogen-bond donors (Lipinski definition) is 3. The molecule has 0 aliphatic carbocycles. The third-order valence-electron chi connectivity index (χ3n) is 6.77. The van der Waals surface area contributed by atoms with Crippen LogP contribution in [0.15, 0.2) is 21.9 Å². The predicted octanol–water partition coefficient (Wildman–Crippen LogP) is 3.20. The van der Waals surface area contributed by atoms with Gasteiger partial charge in [0, 0.05) is 25.8 Å². The van der Waals surface area contributed by atoms with Crippen LogP contribution in [0.3, 0.4) is 0 Å². The van der Waals surface area contributed by atoms with Crippen LogP contribution in [-0.2, 0) is 19.0 Å². The van der Waals surface area contributed by atoms with Crippen LogP contribution in [0, 0.1) is 0 Å². The maximum absolute atomic E-state index is 12.1. The van der Waals surface area contributed by atoms with E-state index in [-0.39, 0.29) is 5.97 Å². The monoisotopic (exact) mass is 526 g/mol. The van der Waals surface area contributed by atoms with Gasteiger partial charge >= 0.3 is 11.7 Å². The average Bonchev–Trinajstić information content (AvgIpc) is 3.18. The Hall–Kier alpha value is -2.01. The lowest BCUT2D eigenvalue weighted by atomic mass is 10.0. The standard InChI is InChI=1S/C27H46N2O8/c1-21(31)35-18-14-12-10-8-6-4-2-3-5-7-9-11-13-15-19-36-25-24(33)22(20-30)37-26(25)29-17-16-23(32)28-27(29)34/h16-17,22,24-26,30,33H,2-15,18-20H2,1H3,(H,28,32,34)/t22-,24-,25-,26-/m1/s1. The Labute approximate surface area is 219 Å². The number of carbonyl (C=O) groups excluding carboxylic acids is 1. The second-order valence-corrected chi connectivity index (χ2v) is 9.88. The maximum Gasteiger partial charge on any atom is 0.330 e. The lowest BCUT2D eigenvalue weighted by molar-refractivity contribution is -0.141. The van der Waals surface area contributed by atoms with Crippen LogP contribution in [0.25, 0.3) is 0 Å². The number of esters is 1. The van der Waals surface area contributed by atoms with E-state index >= 15 is 0 Å². The van der Waals surface area contributed by atoms with Crippen molar-refractivity contribution >= 4 is 5.97 Å². The molecule has 0 unspecified atom stereocenters. The Kier molecular flexibility index (Phi) is 15.4. The number of aliphatic hydroxyl groups is 2. The smallest absolute Gasteiger partial charge is 0.330 e. The summed E-state index contributed by atoms with van der Waals surface area (Å²) in [7, 11) is 0. The molecule has 1 aromatic rings. The van der Waals surface area contributed by atoms with E-state index in [0.29, 0.717) is 13.2 Å². The van der Waals surface area contributed by atoms with E-state index in [0.717, 1.165) is 32.1 Å². The van der Waals surface area contributed by atoms with Gasteiger partial charge in [-0.2, -0.15) is 0 Å². The quantitative estimate of drug-likeness (QED) is 0.174. The van der Waals surface area contributed by atoms with Crippen LogP contribution in [0.4, 0.5) is 0 Å². The summed E-state index contributed by atoms with van der Waals surface area (Å²) in [5, 5.41) is 19.9. The zero-order chi connectivity index (χ0) is 26.9. The number of H-pyrrole nitrogens is 1. The minimum atomic E-state index is -1.07. The lowest BCUT2D eigenvalue weighted by Gasteiger charge is -2.22. The maximum atomic E-state index is 12.1. The number of unbranched alkanes of at least 4 members (excludes halogenated alkanes) is 13. The molecule has 1 fully saturated rings. The Morgan fingerprint density at radius 3 is 1.92 bits per heavy atom. The van der Waals surface area contributed by atoms with Gasteiger partial charge in [0.1, 0.15) is 18.3 Å². The Bertz CT molecular complexity index is 870. The molecule has 10 heteroatoms. The summed E-state index contributed by atoms with van der Waals surface area (Å²) in [6.07, 6.45) is 14.1. The van der Waals surface area contributed by atoms with Crippen molar-refractivity contribution in [2.24, 2.45) is 0 Å². The van der Waals surface area contributed by atoms with Crippen LogP contribution < -0.4 is 11.2 Å². The number of nitrogens with zero attached hydrogens (tertiary/aromatic N) is 1. The number of hydrogen-bond acceptors (Lipinski definition) is 8. The first-order valence-corrected chi connectivity index (χ1v) is 13.9. The highest BCUT2D eigenvalue weighted by atomic mass is 16.6. The molecule has 1 saturated heterocycles. The van der Waals surface area contributed by atoms with Crippen LogP contribution in [0.1, 0.15) is 103 Å². The second kappa shape index (κ2) is 18.3. The molecule has 2 rings (SSSR count). The molecule has 3 N–H and O–H groups in total. The first-order chi connectivity index (χ1) is 17.9. The van der Waals surface area contributed by atoms with Gasteiger partial charge in [-0.25, -0.2) is 4.79 Å². The average molecular weight is 527 g/mol. The topological polar surface area (TPSA) is 140 Å². The molecule has 212 valence electrons. The fourth-order valence-corrected chi connectivity index (χ4v) is 4.66. The highest BCUT2D eigenvalue weighted by Crippen LogP contribution is 2.30. The van der Waals surface area contributed by atoms with Gasteiger partial charge in [-0.1, -0.05) is 77.0 Å². The molecule has 2 heterocycles. The Balaban J connectivity index is 1.47. The summed E-state index contributed by atoms with van der Waals surface area (Å²) < 4.78 is 17.6. The van der Waals surface area contributed by atoms with Crippen molar-refractivity contribution in [1.82, 2.24) is 9.55 Å². The molecule has 0 saturated carbocycles. The van der Waals surface area contributed by atoms with Crippen LogP contribution in [-0.4, -0.2) is 63.9 Å². The lowest BCUT2D eigenvalue weighted by Crippen LogP contribution is -2.39. The molecule has 1 aromatic heterocycles. The molecule has 0 spiro atoms. The third kappa shape index (κ3) is 11.9. The molecule has 10 nitrogen and oxygen atoms in total. The summed E-state index contributed by atoms with van der Waals surface area (Å²) >= 11 is 0. The van der Waals surface area contributed by atoms with Crippen molar-refractivity contribution in [2.45, 2.75) is 121 Å². The van der Waals surface area contributed by atoms with Gasteiger partial charge in [-0.15, -0.1) is 0 Å². The first-order valence-electron chi connectivity index (χ1n) is 13.9. The first kappa shape index (κ1) is 31.2. The van der Waals surface area contributed by atoms with Crippen LogP contribution in [0.5, 0.6) is 0 Å². The van der Waals surface area contributed by atoms with Crippen LogP contribution in [0.2, 0.25) is 0 Å². The minimum Gasteiger partial charge on any atom is -0.466 e. The highest BCUT2D eigenvalue weighted by Gasteiger charge is 2.45. The van der Waals surface area contributed by atoms with E-state index in [1.54, 1.807) is 0 Å². The summed E-state index contributed by atoms with van der Waals surface area (Å²) in [4.78, 5) is 36.3. The van der Waals surface area contributed by atoms with Crippen molar-refractivity contribution in [3.8, 4) is 0 Å². The summed E-state index contributed by atoms with van der Waals surface area (Å²) in [6, 6.07) is 1.21. The van der Waals surface area contributed by atoms with Gasteiger partial charge in [0.05, 0.1) is 13.2 Å². The molecule has 0 amide bonds.